The Morgan fingerprint density at radius 3 is 2.43 bits per heavy atom. The lowest BCUT2D eigenvalue weighted by atomic mass is 10.0. The van der Waals surface area contributed by atoms with Crippen LogP contribution in [0.25, 0.3) is 0 Å². The van der Waals surface area contributed by atoms with Gasteiger partial charge in [0.2, 0.25) is 0 Å². The van der Waals surface area contributed by atoms with E-state index in [1.165, 1.54) is 5.56 Å². The molecule has 5 nitrogen and oxygen atoms in total. The number of piperidine rings is 1. The third-order valence-electron chi connectivity index (χ3n) is 4.19. The summed E-state index contributed by atoms with van der Waals surface area (Å²) in [5.41, 5.74) is 2.34. The van der Waals surface area contributed by atoms with Gasteiger partial charge in [0.05, 0.1) is 13.2 Å². The fourth-order valence-electron chi connectivity index (χ4n) is 2.83. The monoisotopic (exact) mass is 290 g/mol. The van der Waals surface area contributed by atoms with Gasteiger partial charge in [-0.3, -0.25) is 0 Å². The maximum atomic E-state index is 12.2. The molecule has 1 N–H and O–H groups in total. The minimum Gasteiger partial charge on any atom is -0.347 e. The third kappa shape index (κ3) is 3.36. The summed E-state index contributed by atoms with van der Waals surface area (Å²) >= 11 is 0. The summed E-state index contributed by atoms with van der Waals surface area (Å²) in [6, 6.07) is 8.19. The van der Waals surface area contributed by atoms with E-state index in [-0.39, 0.29) is 6.03 Å². The number of hydrogen-bond acceptors (Lipinski definition) is 3. The Kier molecular flexibility index (Phi) is 4.12. The van der Waals surface area contributed by atoms with Gasteiger partial charge in [-0.05, 0) is 12.5 Å². The van der Waals surface area contributed by atoms with Gasteiger partial charge < -0.3 is 19.7 Å². The Morgan fingerprint density at radius 1 is 1.19 bits per heavy atom. The number of hydrogen-bond donors (Lipinski definition) is 1. The van der Waals surface area contributed by atoms with Crippen molar-refractivity contribution in [1.82, 2.24) is 10.2 Å². The molecule has 114 valence electrons. The molecule has 1 aromatic rings. The largest absolute Gasteiger partial charge is 0.347 e. The average Bonchev–Trinajstić information content (AvgIpc) is 2.95. The van der Waals surface area contributed by atoms with E-state index in [0.29, 0.717) is 32.8 Å². The summed E-state index contributed by atoms with van der Waals surface area (Å²) in [6.07, 6.45) is 1.51. The molecule has 0 unspecified atom stereocenters. The van der Waals surface area contributed by atoms with Crippen molar-refractivity contribution in [1.29, 1.82) is 0 Å². The molecule has 0 radical (unpaired) electrons. The number of carbonyl (C=O) groups excluding carboxylic acids is 1. The molecule has 1 spiro atoms. The second kappa shape index (κ2) is 6.03. The number of amides is 2. The Labute approximate surface area is 125 Å². The first-order valence-corrected chi connectivity index (χ1v) is 7.53. The van der Waals surface area contributed by atoms with Crippen LogP contribution in [-0.2, 0) is 16.0 Å². The number of likely N-dealkylation sites (tertiary alicyclic amines) is 1. The smallest absolute Gasteiger partial charge is 0.317 e. The van der Waals surface area contributed by atoms with Crippen molar-refractivity contribution >= 4 is 6.03 Å². The van der Waals surface area contributed by atoms with Crippen LogP contribution in [0.3, 0.4) is 0 Å². The topological polar surface area (TPSA) is 50.8 Å². The Hall–Kier alpha value is -1.59. The molecule has 0 bridgehead atoms. The van der Waals surface area contributed by atoms with Gasteiger partial charge >= 0.3 is 6.03 Å². The van der Waals surface area contributed by atoms with Crippen LogP contribution in [0.4, 0.5) is 4.79 Å². The molecular formula is C16H22N2O3. The van der Waals surface area contributed by atoms with Crippen LogP contribution in [0.2, 0.25) is 0 Å². The lowest BCUT2D eigenvalue weighted by Gasteiger charge is -2.37. The molecule has 0 atom stereocenters. The van der Waals surface area contributed by atoms with Crippen molar-refractivity contribution in [3.05, 3.63) is 35.4 Å². The summed E-state index contributed by atoms with van der Waals surface area (Å²) in [4.78, 5) is 14.0. The van der Waals surface area contributed by atoms with Gasteiger partial charge in [-0.1, -0.05) is 29.8 Å². The van der Waals surface area contributed by atoms with Crippen LogP contribution in [-0.4, -0.2) is 43.0 Å². The number of benzene rings is 1. The van der Waals surface area contributed by atoms with E-state index in [1.54, 1.807) is 0 Å². The second-order valence-corrected chi connectivity index (χ2v) is 5.74. The summed E-state index contributed by atoms with van der Waals surface area (Å²) in [5.74, 6) is -0.423. The van der Waals surface area contributed by atoms with E-state index in [2.05, 4.69) is 24.4 Å². The number of urea groups is 1. The number of nitrogens with one attached hydrogen (secondary N) is 1. The highest BCUT2D eigenvalue weighted by molar-refractivity contribution is 5.74. The van der Waals surface area contributed by atoms with Crippen molar-refractivity contribution < 1.29 is 14.3 Å². The molecule has 2 amide bonds. The first kappa shape index (κ1) is 14.4. The van der Waals surface area contributed by atoms with Crippen molar-refractivity contribution in [2.45, 2.75) is 32.1 Å². The van der Waals surface area contributed by atoms with Gasteiger partial charge in [0.25, 0.3) is 0 Å². The number of rotatable bonds is 2. The van der Waals surface area contributed by atoms with E-state index in [9.17, 15) is 4.79 Å². The molecular weight excluding hydrogens is 268 g/mol. The highest BCUT2D eigenvalue weighted by Crippen LogP contribution is 2.31. The standard InChI is InChI=1S/C16H22N2O3/c1-13-2-4-14(5-3-13)12-17-15(19)18-8-6-16(7-9-18)20-10-11-21-16/h2-5H,6-12H2,1H3,(H,17,19). The molecule has 0 aliphatic carbocycles. The predicted octanol–water partition coefficient (Wildman–Crippen LogP) is 2.04. The number of ether oxygens (including phenoxy) is 2. The van der Waals surface area contributed by atoms with Gasteiger partial charge in [-0.15, -0.1) is 0 Å². The Bertz CT molecular complexity index is 485. The number of nitrogens with zero attached hydrogens (tertiary/aromatic N) is 1. The van der Waals surface area contributed by atoms with Crippen molar-refractivity contribution in [3.63, 3.8) is 0 Å². The molecule has 21 heavy (non-hydrogen) atoms. The molecule has 2 aliphatic rings. The van der Waals surface area contributed by atoms with Gasteiger partial charge in [-0.25, -0.2) is 4.79 Å². The molecule has 2 aliphatic heterocycles. The minimum atomic E-state index is -0.423. The quantitative estimate of drug-likeness (QED) is 0.907. The highest BCUT2D eigenvalue weighted by Gasteiger charge is 2.40. The number of carbonyl (C=O) groups is 1. The zero-order chi connectivity index (χ0) is 14.7. The SMILES string of the molecule is Cc1ccc(CNC(=O)N2CCC3(CC2)OCCO3)cc1. The number of aryl methyl sites for hydroxylation is 1. The molecule has 2 fully saturated rings. The van der Waals surface area contributed by atoms with Gasteiger partial charge in [0.15, 0.2) is 5.79 Å². The zero-order valence-corrected chi connectivity index (χ0v) is 12.4. The molecule has 0 saturated carbocycles. The summed E-state index contributed by atoms with van der Waals surface area (Å²) in [7, 11) is 0. The normalized spacial score (nSPS) is 20.7. The van der Waals surface area contributed by atoms with Crippen LogP contribution in [0.5, 0.6) is 0 Å². The molecule has 1 aromatic carbocycles. The first-order chi connectivity index (χ1) is 10.2. The van der Waals surface area contributed by atoms with Gasteiger partial charge in [0, 0.05) is 32.5 Å². The molecule has 2 heterocycles. The van der Waals surface area contributed by atoms with E-state index < -0.39 is 5.79 Å². The molecule has 2 saturated heterocycles. The van der Waals surface area contributed by atoms with Gasteiger partial charge in [-0.2, -0.15) is 0 Å². The molecule has 0 aromatic heterocycles. The molecule has 5 heteroatoms. The lowest BCUT2D eigenvalue weighted by molar-refractivity contribution is -0.181. The van der Waals surface area contributed by atoms with E-state index >= 15 is 0 Å². The van der Waals surface area contributed by atoms with Crippen molar-refractivity contribution in [2.75, 3.05) is 26.3 Å². The minimum absolute atomic E-state index is 0.0107. The fourth-order valence-corrected chi connectivity index (χ4v) is 2.83. The summed E-state index contributed by atoms with van der Waals surface area (Å²) in [6.45, 7) is 5.31. The second-order valence-electron chi connectivity index (χ2n) is 5.74. The fraction of sp³-hybridized carbons (Fsp3) is 0.562. The average molecular weight is 290 g/mol. The van der Waals surface area contributed by atoms with Crippen LogP contribution in [0.1, 0.15) is 24.0 Å². The van der Waals surface area contributed by atoms with E-state index in [0.717, 1.165) is 18.4 Å². The molecule has 3 rings (SSSR count). The summed E-state index contributed by atoms with van der Waals surface area (Å²) in [5, 5.41) is 2.97. The maximum absolute atomic E-state index is 12.2. The highest BCUT2D eigenvalue weighted by atomic mass is 16.7. The maximum Gasteiger partial charge on any atom is 0.317 e. The summed E-state index contributed by atoms with van der Waals surface area (Å²) < 4.78 is 11.3. The van der Waals surface area contributed by atoms with Crippen LogP contribution >= 0.6 is 0 Å². The van der Waals surface area contributed by atoms with E-state index in [1.807, 2.05) is 17.0 Å². The third-order valence-corrected chi connectivity index (χ3v) is 4.19. The van der Waals surface area contributed by atoms with E-state index in [4.69, 9.17) is 9.47 Å². The predicted molar refractivity (Wildman–Crippen MR) is 78.9 cm³/mol. The van der Waals surface area contributed by atoms with Crippen LogP contribution in [0.15, 0.2) is 24.3 Å². The first-order valence-electron chi connectivity index (χ1n) is 7.53. The Balaban J connectivity index is 1.47. The lowest BCUT2D eigenvalue weighted by Crippen LogP contribution is -2.50. The van der Waals surface area contributed by atoms with Crippen molar-refractivity contribution in [3.8, 4) is 0 Å². The van der Waals surface area contributed by atoms with Crippen molar-refractivity contribution in [2.24, 2.45) is 0 Å². The Morgan fingerprint density at radius 2 is 1.81 bits per heavy atom. The van der Waals surface area contributed by atoms with Crippen LogP contribution < -0.4 is 5.32 Å². The van der Waals surface area contributed by atoms with Gasteiger partial charge in [0.1, 0.15) is 0 Å². The zero-order valence-electron chi connectivity index (χ0n) is 12.4. The van der Waals surface area contributed by atoms with Crippen LogP contribution in [0, 0.1) is 6.92 Å².